The van der Waals surface area contributed by atoms with Crippen LogP contribution in [0.25, 0.3) is 0 Å². The first-order valence-electron chi connectivity index (χ1n) is 2.14. The fourth-order valence-electron chi connectivity index (χ4n) is 0.516. The molecule has 0 fully saturated rings. The van der Waals surface area contributed by atoms with Crippen LogP contribution in [0.1, 0.15) is 6.92 Å². The summed E-state index contributed by atoms with van der Waals surface area (Å²) in [5.41, 5.74) is 0. The molecule has 1 aliphatic heterocycles. The van der Waals surface area contributed by atoms with Crippen molar-refractivity contribution in [2.75, 3.05) is 13.1 Å². The smallest absolute Gasteiger partial charge is 0.0933 e. The van der Waals surface area contributed by atoms with E-state index in [1.54, 1.807) is 0 Å². The minimum absolute atomic E-state index is 0.964. The second-order valence-corrected chi connectivity index (χ2v) is 1.39. The van der Waals surface area contributed by atoms with Crippen LogP contribution in [0.3, 0.4) is 0 Å². The fourth-order valence-corrected chi connectivity index (χ4v) is 0.516. The third-order valence-electron chi connectivity index (χ3n) is 0.842. The number of nitrogens with one attached hydrogen (secondary N) is 1. The van der Waals surface area contributed by atoms with Gasteiger partial charge in [-0.05, 0) is 6.92 Å². The van der Waals surface area contributed by atoms with Crippen LogP contribution in [0.4, 0.5) is 0 Å². The largest absolute Gasteiger partial charge is 0.372 e. The zero-order chi connectivity index (χ0) is 4.41. The molecule has 0 atom stereocenters. The first kappa shape index (κ1) is 3.65. The van der Waals surface area contributed by atoms with Gasteiger partial charge in [0.05, 0.1) is 12.4 Å². The van der Waals surface area contributed by atoms with E-state index in [0.29, 0.717) is 0 Å². The molecule has 0 aromatic rings. The molecule has 6 heavy (non-hydrogen) atoms. The second kappa shape index (κ2) is 1.29. The Morgan fingerprint density at radius 2 is 2.67 bits per heavy atom. The van der Waals surface area contributed by atoms with E-state index >= 15 is 0 Å². The lowest BCUT2D eigenvalue weighted by atomic mass is 10.7. The summed E-state index contributed by atoms with van der Waals surface area (Å²) >= 11 is 0. The minimum atomic E-state index is 0.964. The first-order chi connectivity index (χ1) is 2.89. The highest BCUT2D eigenvalue weighted by Gasteiger charge is 1.93. The SMILES string of the molecule is CC1=NCCN1. The van der Waals surface area contributed by atoms with E-state index in [2.05, 4.69) is 10.3 Å². The second-order valence-electron chi connectivity index (χ2n) is 1.39. The summed E-state index contributed by atoms with van der Waals surface area (Å²) in [4.78, 5) is 4.04. The van der Waals surface area contributed by atoms with Crippen molar-refractivity contribution in [2.45, 2.75) is 6.92 Å². The summed E-state index contributed by atoms with van der Waals surface area (Å²) in [5.74, 6) is 1.08. The highest BCUT2D eigenvalue weighted by atomic mass is 15.0. The maximum Gasteiger partial charge on any atom is 0.0933 e. The van der Waals surface area contributed by atoms with Crippen LogP contribution in [0, 0.1) is 0 Å². The molecule has 1 N–H and O–H groups in total. The van der Waals surface area contributed by atoms with Gasteiger partial charge in [-0.3, -0.25) is 4.99 Å². The molecule has 0 spiro atoms. The molecule has 0 radical (unpaired) electrons. The monoisotopic (exact) mass is 84.1 g/mol. The normalized spacial score (nSPS) is 19.8. The summed E-state index contributed by atoms with van der Waals surface area (Å²) in [7, 11) is 0. The Morgan fingerprint density at radius 3 is 2.83 bits per heavy atom. The Hall–Kier alpha value is -0.530. The molecule has 0 saturated heterocycles. The number of nitrogens with zero attached hydrogens (tertiary/aromatic N) is 1. The number of amidine groups is 1. The van der Waals surface area contributed by atoms with Gasteiger partial charge in [0, 0.05) is 6.54 Å². The van der Waals surface area contributed by atoms with E-state index in [-0.39, 0.29) is 0 Å². The summed E-state index contributed by atoms with van der Waals surface area (Å²) in [5, 5.41) is 3.07. The van der Waals surface area contributed by atoms with Crippen molar-refractivity contribution in [3.8, 4) is 0 Å². The molecule has 2 heteroatoms. The number of aliphatic imine (C=N–C) groups is 1. The van der Waals surface area contributed by atoms with Gasteiger partial charge < -0.3 is 5.32 Å². The lowest BCUT2D eigenvalue weighted by Crippen LogP contribution is -2.13. The van der Waals surface area contributed by atoms with Crippen molar-refractivity contribution in [1.29, 1.82) is 0 Å². The molecule has 0 saturated carbocycles. The average Bonchev–Trinajstić information content (AvgIpc) is 1.86. The van der Waals surface area contributed by atoms with Crippen LogP contribution in [0.2, 0.25) is 0 Å². The predicted octanol–water partition coefficient (Wildman–Crippen LogP) is 0.00800. The number of hydrogen-bond donors (Lipinski definition) is 1. The first-order valence-corrected chi connectivity index (χ1v) is 2.14. The Bertz CT molecular complexity index is 75.6. The molecule has 1 heterocycles. The lowest BCUT2D eigenvalue weighted by Gasteiger charge is -1.85. The molecule has 34 valence electrons. The molecule has 0 bridgehead atoms. The van der Waals surface area contributed by atoms with E-state index < -0.39 is 0 Å². The zero-order valence-electron chi connectivity index (χ0n) is 3.86. The topological polar surface area (TPSA) is 24.4 Å². The summed E-state index contributed by atoms with van der Waals surface area (Å²) in [6.07, 6.45) is 0. The van der Waals surface area contributed by atoms with Crippen molar-refractivity contribution >= 4 is 5.84 Å². The quantitative estimate of drug-likeness (QED) is 0.439. The van der Waals surface area contributed by atoms with E-state index in [9.17, 15) is 0 Å². The molecule has 1 aliphatic rings. The van der Waals surface area contributed by atoms with Crippen molar-refractivity contribution in [3.05, 3.63) is 0 Å². The molecular formula is C4H8N2. The summed E-state index contributed by atoms with van der Waals surface area (Å²) in [6, 6.07) is 0. The van der Waals surface area contributed by atoms with Crippen LogP contribution in [0.5, 0.6) is 0 Å². The third kappa shape index (κ3) is 0.506. The Kier molecular flexibility index (Phi) is 0.783. The lowest BCUT2D eigenvalue weighted by molar-refractivity contribution is 0.958. The molecule has 0 aromatic heterocycles. The van der Waals surface area contributed by atoms with Crippen LogP contribution in [0.15, 0.2) is 4.99 Å². The molecule has 1 rings (SSSR count). The highest BCUT2D eigenvalue weighted by Crippen LogP contribution is 1.79. The summed E-state index contributed by atoms with van der Waals surface area (Å²) < 4.78 is 0. The van der Waals surface area contributed by atoms with Crippen LogP contribution in [-0.2, 0) is 0 Å². The van der Waals surface area contributed by atoms with Gasteiger partial charge in [0.2, 0.25) is 0 Å². The predicted molar refractivity (Wildman–Crippen MR) is 26.0 cm³/mol. The highest BCUT2D eigenvalue weighted by molar-refractivity contribution is 5.80. The molecular weight excluding hydrogens is 76.1 g/mol. The van der Waals surface area contributed by atoms with Gasteiger partial charge in [-0.1, -0.05) is 0 Å². The molecule has 0 aromatic carbocycles. The van der Waals surface area contributed by atoms with Crippen LogP contribution >= 0.6 is 0 Å². The Balaban J connectivity index is 2.45. The van der Waals surface area contributed by atoms with Crippen LogP contribution < -0.4 is 5.32 Å². The molecule has 2 nitrogen and oxygen atoms in total. The minimum Gasteiger partial charge on any atom is -0.372 e. The van der Waals surface area contributed by atoms with Crippen molar-refractivity contribution < 1.29 is 0 Å². The third-order valence-corrected chi connectivity index (χ3v) is 0.842. The van der Waals surface area contributed by atoms with Gasteiger partial charge in [-0.25, -0.2) is 0 Å². The van der Waals surface area contributed by atoms with Gasteiger partial charge in [0.25, 0.3) is 0 Å². The molecule has 0 aliphatic carbocycles. The number of rotatable bonds is 0. The Morgan fingerprint density at radius 1 is 1.83 bits per heavy atom. The van der Waals surface area contributed by atoms with E-state index in [4.69, 9.17) is 0 Å². The molecule has 0 unspecified atom stereocenters. The zero-order valence-corrected chi connectivity index (χ0v) is 3.86. The fraction of sp³-hybridized carbons (Fsp3) is 0.750. The van der Waals surface area contributed by atoms with Crippen LogP contribution in [-0.4, -0.2) is 18.9 Å². The molecule has 0 amide bonds. The average molecular weight is 84.1 g/mol. The van der Waals surface area contributed by atoms with E-state index in [1.807, 2.05) is 6.92 Å². The van der Waals surface area contributed by atoms with Gasteiger partial charge >= 0.3 is 0 Å². The maximum absolute atomic E-state index is 4.04. The number of hydrogen-bond acceptors (Lipinski definition) is 2. The van der Waals surface area contributed by atoms with E-state index in [1.165, 1.54) is 0 Å². The summed E-state index contributed by atoms with van der Waals surface area (Å²) in [6.45, 7) is 3.98. The Labute approximate surface area is 37.3 Å². The van der Waals surface area contributed by atoms with Crippen molar-refractivity contribution in [3.63, 3.8) is 0 Å². The maximum atomic E-state index is 4.04. The van der Waals surface area contributed by atoms with Gasteiger partial charge in [-0.2, -0.15) is 0 Å². The van der Waals surface area contributed by atoms with Crippen molar-refractivity contribution in [2.24, 2.45) is 4.99 Å². The van der Waals surface area contributed by atoms with E-state index in [0.717, 1.165) is 18.9 Å². The van der Waals surface area contributed by atoms with Gasteiger partial charge in [-0.15, -0.1) is 0 Å². The standard InChI is InChI=1S/C4H8N2/c1-4-5-2-3-6-4/h2-3H2,1H3,(H,5,6). The van der Waals surface area contributed by atoms with Gasteiger partial charge in [0.1, 0.15) is 0 Å². The van der Waals surface area contributed by atoms with Gasteiger partial charge in [0.15, 0.2) is 0 Å². The van der Waals surface area contributed by atoms with Crippen molar-refractivity contribution in [1.82, 2.24) is 5.32 Å².